The van der Waals surface area contributed by atoms with Crippen LogP contribution in [0.5, 0.6) is 0 Å². The summed E-state index contributed by atoms with van der Waals surface area (Å²) >= 11 is 0. The Hall–Kier alpha value is -0.720. The topological polar surface area (TPSA) is 20.2 Å². The van der Waals surface area contributed by atoms with Crippen molar-refractivity contribution in [1.29, 1.82) is 0 Å². The van der Waals surface area contributed by atoms with E-state index in [4.69, 9.17) is 5.11 Å². The van der Waals surface area contributed by atoms with Gasteiger partial charge < -0.3 is 5.11 Å². The maximum atomic E-state index is 9.12. The summed E-state index contributed by atoms with van der Waals surface area (Å²) in [4.78, 5) is 0. The summed E-state index contributed by atoms with van der Waals surface area (Å²) in [6, 6.07) is 0. The number of aliphatic hydroxyl groups excluding tert-OH is 1. The largest absolute Gasteiger partial charge is 0.512 e. The number of hydrogen-bond acceptors (Lipinski definition) is 1. The van der Waals surface area contributed by atoms with Crippen LogP contribution < -0.4 is 0 Å². The first-order valence-corrected chi connectivity index (χ1v) is 3.82. The minimum Gasteiger partial charge on any atom is -0.512 e. The van der Waals surface area contributed by atoms with Crippen LogP contribution in [0.3, 0.4) is 0 Å². The van der Waals surface area contributed by atoms with Crippen LogP contribution in [-0.4, -0.2) is 5.11 Å². The minimum absolute atomic E-state index is 0.486. The third-order valence-electron chi connectivity index (χ3n) is 1.27. The lowest BCUT2D eigenvalue weighted by atomic mass is 10.2. The van der Waals surface area contributed by atoms with Gasteiger partial charge in [-0.2, -0.15) is 0 Å². The standard InChI is InChI=1S/C9H16O/c1-3-5-7-9(10)8-6-4-2/h3,5,7,10H,4,6,8H2,1-2H3/b5-3+,9-7?. The van der Waals surface area contributed by atoms with Gasteiger partial charge in [-0.15, -0.1) is 0 Å². The maximum absolute atomic E-state index is 9.12. The van der Waals surface area contributed by atoms with Gasteiger partial charge in [0.2, 0.25) is 0 Å². The Bertz CT molecular complexity index is 123. The number of rotatable bonds is 4. The molecule has 58 valence electrons. The second-order valence-corrected chi connectivity index (χ2v) is 2.29. The number of aliphatic hydroxyl groups is 1. The van der Waals surface area contributed by atoms with Gasteiger partial charge in [0, 0.05) is 6.42 Å². The molecule has 0 aliphatic rings. The number of allylic oxidation sites excluding steroid dienone is 4. The van der Waals surface area contributed by atoms with Gasteiger partial charge in [-0.3, -0.25) is 0 Å². The van der Waals surface area contributed by atoms with E-state index in [1.165, 1.54) is 0 Å². The van der Waals surface area contributed by atoms with Gasteiger partial charge >= 0.3 is 0 Å². The molecule has 0 aliphatic carbocycles. The first-order chi connectivity index (χ1) is 4.81. The summed E-state index contributed by atoms with van der Waals surface area (Å²) in [5.74, 6) is 0.486. The first-order valence-electron chi connectivity index (χ1n) is 3.82. The summed E-state index contributed by atoms with van der Waals surface area (Å²) in [6.45, 7) is 4.05. The summed E-state index contributed by atoms with van der Waals surface area (Å²) < 4.78 is 0. The monoisotopic (exact) mass is 140 g/mol. The quantitative estimate of drug-likeness (QED) is 0.469. The molecular weight excluding hydrogens is 124 g/mol. The third-order valence-corrected chi connectivity index (χ3v) is 1.27. The Labute approximate surface area is 63.1 Å². The van der Waals surface area contributed by atoms with Gasteiger partial charge in [-0.05, 0) is 19.4 Å². The Balaban J connectivity index is 3.49. The maximum Gasteiger partial charge on any atom is 0.0922 e. The van der Waals surface area contributed by atoms with Gasteiger partial charge in [0.1, 0.15) is 0 Å². The molecule has 0 bridgehead atoms. The third kappa shape index (κ3) is 5.42. The molecule has 0 saturated carbocycles. The van der Waals surface area contributed by atoms with Crippen LogP contribution in [0.1, 0.15) is 33.1 Å². The molecule has 0 heterocycles. The van der Waals surface area contributed by atoms with Crippen LogP contribution in [0.2, 0.25) is 0 Å². The van der Waals surface area contributed by atoms with Crippen molar-refractivity contribution in [3.8, 4) is 0 Å². The van der Waals surface area contributed by atoms with Crippen molar-refractivity contribution < 1.29 is 5.11 Å². The highest BCUT2D eigenvalue weighted by Gasteiger charge is 1.88. The van der Waals surface area contributed by atoms with Crippen LogP contribution in [0.4, 0.5) is 0 Å². The molecule has 0 aromatic rings. The van der Waals surface area contributed by atoms with Crippen molar-refractivity contribution in [2.45, 2.75) is 33.1 Å². The Kier molecular flexibility index (Phi) is 5.94. The van der Waals surface area contributed by atoms with Crippen LogP contribution >= 0.6 is 0 Å². The predicted molar refractivity (Wildman–Crippen MR) is 45.1 cm³/mol. The van der Waals surface area contributed by atoms with Crippen molar-refractivity contribution in [1.82, 2.24) is 0 Å². The summed E-state index contributed by atoms with van der Waals surface area (Å²) in [5, 5.41) is 9.12. The molecule has 0 fully saturated rings. The van der Waals surface area contributed by atoms with E-state index in [0.29, 0.717) is 5.76 Å². The molecular formula is C9H16O. The average molecular weight is 140 g/mol. The molecule has 0 rings (SSSR count). The lowest BCUT2D eigenvalue weighted by Crippen LogP contribution is -1.79. The summed E-state index contributed by atoms with van der Waals surface area (Å²) in [5.41, 5.74) is 0. The van der Waals surface area contributed by atoms with E-state index in [1.54, 1.807) is 6.08 Å². The van der Waals surface area contributed by atoms with Crippen LogP contribution in [0.15, 0.2) is 24.0 Å². The van der Waals surface area contributed by atoms with E-state index in [1.807, 2.05) is 19.1 Å². The molecule has 1 nitrogen and oxygen atoms in total. The minimum atomic E-state index is 0.486. The normalized spacial score (nSPS) is 12.8. The average Bonchev–Trinajstić information content (AvgIpc) is 1.97. The van der Waals surface area contributed by atoms with Gasteiger partial charge in [-0.1, -0.05) is 25.5 Å². The zero-order chi connectivity index (χ0) is 7.82. The van der Waals surface area contributed by atoms with Crippen LogP contribution in [0.25, 0.3) is 0 Å². The van der Waals surface area contributed by atoms with Crippen molar-refractivity contribution in [3.63, 3.8) is 0 Å². The summed E-state index contributed by atoms with van der Waals surface area (Å²) in [7, 11) is 0. The molecule has 0 aromatic carbocycles. The zero-order valence-corrected chi connectivity index (χ0v) is 6.80. The fraction of sp³-hybridized carbons (Fsp3) is 0.556. The summed E-state index contributed by atoms with van der Waals surface area (Å²) in [6.07, 6.45) is 8.51. The molecule has 0 atom stereocenters. The molecule has 1 heteroatoms. The fourth-order valence-corrected chi connectivity index (χ4v) is 0.649. The zero-order valence-electron chi connectivity index (χ0n) is 6.80. The highest BCUT2D eigenvalue weighted by Crippen LogP contribution is 2.02. The van der Waals surface area contributed by atoms with Gasteiger partial charge in [0.15, 0.2) is 0 Å². The molecule has 10 heavy (non-hydrogen) atoms. The molecule has 0 amide bonds. The van der Waals surface area contributed by atoms with Crippen molar-refractivity contribution in [2.24, 2.45) is 0 Å². The number of unbranched alkanes of at least 4 members (excludes halogenated alkanes) is 1. The lowest BCUT2D eigenvalue weighted by molar-refractivity contribution is 0.383. The highest BCUT2D eigenvalue weighted by atomic mass is 16.3. The van der Waals surface area contributed by atoms with E-state index >= 15 is 0 Å². The van der Waals surface area contributed by atoms with Crippen LogP contribution in [0, 0.1) is 0 Å². The second-order valence-electron chi connectivity index (χ2n) is 2.29. The molecule has 0 aromatic heterocycles. The second kappa shape index (κ2) is 6.40. The van der Waals surface area contributed by atoms with E-state index in [0.717, 1.165) is 19.3 Å². The van der Waals surface area contributed by atoms with Crippen LogP contribution in [-0.2, 0) is 0 Å². The SMILES string of the molecule is C/C=C/C=C(O)CCCC. The Morgan fingerprint density at radius 3 is 2.70 bits per heavy atom. The Morgan fingerprint density at radius 2 is 2.20 bits per heavy atom. The smallest absolute Gasteiger partial charge is 0.0922 e. The lowest BCUT2D eigenvalue weighted by Gasteiger charge is -1.94. The first kappa shape index (κ1) is 9.28. The molecule has 0 unspecified atom stereocenters. The van der Waals surface area contributed by atoms with Crippen molar-refractivity contribution in [2.75, 3.05) is 0 Å². The molecule has 0 saturated heterocycles. The molecule has 1 N–H and O–H groups in total. The molecule has 0 radical (unpaired) electrons. The van der Waals surface area contributed by atoms with Crippen molar-refractivity contribution in [3.05, 3.63) is 24.0 Å². The van der Waals surface area contributed by atoms with E-state index in [9.17, 15) is 0 Å². The van der Waals surface area contributed by atoms with Gasteiger partial charge in [-0.25, -0.2) is 0 Å². The van der Waals surface area contributed by atoms with Crippen molar-refractivity contribution >= 4 is 0 Å². The fourth-order valence-electron chi connectivity index (χ4n) is 0.649. The van der Waals surface area contributed by atoms with Gasteiger partial charge in [0.25, 0.3) is 0 Å². The predicted octanol–water partition coefficient (Wildman–Crippen LogP) is 3.19. The van der Waals surface area contributed by atoms with E-state index in [2.05, 4.69) is 6.92 Å². The van der Waals surface area contributed by atoms with Gasteiger partial charge in [0.05, 0.1) is 5.76 Å². The Morgan fingerprint density at radius 1 is 1.50 bits per heavy atom. The van der Waals surface area contributed by atoms with E-state index in [-0.39, 0.29) is 0 Å². The van der Waals surface area contributed by atoms with E-state index < -0.39 is 0 Å². The highest BCUT2D eigenvalue weighted by molar-refractivity contribution is 5.05. The number of hydrogen-bond donors (Lipinski definition) is 1. The molecule has 0 spiro atoms. The molecule has 0 aliphatic heterocycles.